The molecule has 0 aliphatic heterocycles. The molecule has 0 fully saturated rings. The third-order valence-electron chi connectivity index (χ3n) is 2.24. The maximum atomic E-state index is 13.3. The summed E-state index contributed by atoms with van der Waals surface area (Å²) >= 11 is 4.99. The van der Waals surface area contributed by atoms with Crippen molar-refractivity contribution < 1.29 is 14.1 Å². The summed E-state index contributed by atoms with van der Waals surface area (Å²) in [5, 5.41) is 10.9. The third-order valence-corrected chi connectivity index (χ3v) is 3.55. The first kappa shape index (κ1) is 14.2. The summed E-state index contributed by atoms with van der Waals surface area (Å²) in [4.78, 5) is 10.4. The van der Waals surface area contributed by atoms with Crippen molar-refractivity contribution in [1.29, 1.82) is 0 Å². The van der Waals surface area contributed by atoms with Crippen molar-refractivity contribution in [3.8, 4) is 11.5 Å². The maximum Gasteiger partial charge on any atom is 0.312 e. The quantitative estimate of drug-likeness (QED) is 0.390. The first-order valence-corrected chi connectivity index (χ1v) is 6.91. The second-order valence-electron chi connectivity index (χ2n) is 3.55. The molecule has 4 nitrogen and oxygen atoms in total. The van der Waals surface area contributed by atoms with E-state index in [-0.39, 0.29) is 17.2 Å². The van der Waals surface area contributed by atoms with Gasteiger partial charge in [0.1, 0.15) is 11.6 Å². The van der Waals surface area contributed by atoms with Gasteiger partial charge in [0, 0.05) is 15.7 Å². The highest BCUT2D eigenvalue weighted by Crippen LogP contribution is 2.33. The van der Waals surface area contributed by atoms with E-state index in [2.05, 4.69) is 15.9 Å². The van der Waals surface area contributed by atoms with Crippen LogP contribution in [-0.2, 0) is 0 Å². The van der Waals surface area contributed by atoms with Crippen LogP contribution >= 0.6 is 38.5 Å². The van der Waals surface area contributed by atoms with Crippen molar-refractivity contribution in [2.24, 2.45) is 0 Å². The number of hydrogen-bond donors (Lipinski definition) is 0. The molecule has 0 saturated heterocycles. The van der Waals surface area contributed by atoms with Gasteiger partial charge in [-0.05, 0) is 62.8 Å². The van der Waals surface area contributed by atoms with Gasteiger partial charge in [-0.25, -0.2) is 4.39 Å². The number of ether oxygens (including phenoxy) is 1. The van der Waals surface area contributed by atoms with Gasteiger partial charge in [0.15, 0.2) is 0 Å². The van der Waals surface area contributed by atoms with Crippen LogP contribution in [0.5, 0.6) is 11.5 Å². The molecule has 0 amide bonds. The summed E-state index contributed by atoms with van der Waals surface area (Å²) in [6, 6.07) is 8.72. The van der Waals surface area contributed by atoms with Crippen molar-refractivity contribution in [1.82, 2.24) is 0 Å². The second kappa shape index (κ2) is 5.83. The molecule has 98 valence electrons. The summed E-state index contributed by atoms with van der Waals surface area (Å²) in [7, 11) is 0. The number of benzene rings is 2. The maximum absolute atomic E-state index is 13.3. The highest BCUT2D eigenvalue weighted by molar-refractivity contribution is 14.1. The Morgan fingerprint density at radius 2 is 2.00 bits per heavy atom. The molecular weight excluding hydrogens is 432 g/mol. The molecule has 0 aromatic heterocycles. The average Bonchev–Trinajstić information content (AvgIpc) is 2.36. The van der Waals surface area contributed by atoms with Crippen molar-refractivity contribution in [2.75, 3.05) is 0 Å². The van der Waals surface area contributed by atoms with Gasteiger partial charge in [0.05, 0.1) is 9.40 Å². The van der Waals surface area contributed by atoms with Crippen LogP contribution in [0.4, 0.5) is 10.1 Å². The molecule has 0 bridgehead atoms. The Morgan fingerprint density at radius 1 is 1.26 bits per heavy atom. The van der Waals surface area contributed by atoms with Gasteiger partial charge in [0.2, 0.25) is 5.75 Å². The highest BCUT2D eigenvalue weighted by Gasteiger charge is 2.16. The van der Waals surface area contributed by atoms with Crippen molar-refractivity contribution in [2.45, 2.75) is 0 Å². The Morgan fingerprint density at radius 3 is 2.63 bits per heavy atom. The summed E-state index contributed by atoms with van der Waals surface area (Å²) in [6.45, 7) is 0. The third kappa shape index (κ3) is 3.41. The Bertz CT molecular complexity index is 651. The lowest BCUT2D eigenvalue weighted by atomic mass is 10.3. The highest BCUT2D eigenvalue weighted by atomic mass is 127. The van der Waals surface area contributed by atoms with E-state index in [0.717, 1.165) is 9.64 Å². The van der Waals surface area contributed by atoms with Crippen LogP contribution in [0, 0.1) is 19.5 Å². The lowest BCUT2D eigenvalue weighted by Gasteiger charge is -2.07. The molecule has 0 radical (unpaired) electrons. The molecule has 19 heavy (non-hydrogen) atoms. The molecule has 2 aromatic carbocycles. The smallest absolute Gasteiger partial charge is 0.312 e. The lowest BCUT2D eigenvalue weighted by Crippen LogP contribution is -1.94. The Kier molecular flexibility index (Phi) is 4.35. The minimum atomic E-state index is -0.535. The van der Waals surface area contributed by atoms with Gasteiger partial charge in [-0.2, -0.15) is 0 Å². The molecule has 0 aliphatic rings. The van der Waals surface area contributed by atoms with Crippen LogP contribution < -0.4 is 4.74 Å². The monoisotopic (exact) mass is 437 g/mol. The fourth-order valence-corrected chi connectivity index (χ4v) is 2.11. The number of halogens is 3. The summed E-state index contributed by atoms with van der Waals surface area (Å²) < 4.78 is 19.7. The zero-order valence-corrected chi connectivity index (χ0v) is 13.0. The largest absolute Gasteiger partial charge is 0.450 e. The fourth-order valence-electron chi connectivity index (χ4n) is 1.39. The van der Waals surface area contributed by atoms with Crippen LogP contribution in [0.1, 0.15) is 0 Å². The van der Waals surface area contributed by atoms with Gasteiger partial charge < -0.3 is 4.74 Å². The van der Waals surface area contributed by atoms with Gasteiger partial charge in [-0.3, -0.25) is 10.1 Å². The van der Waals surface area contributed by atoms with Gasteiger partial charge in [-0.1, -0.05) is 0 Å². The second-order valence-corrected chi connectivity index (χ2v) is 5.65. The van der Waals surface area contributed by atoms with Gasteiger partial charge in [0.25, 0.3) is 0 Å². The van der Waals surface area contributed by atoms with Gasteiger partial charge >= 0.3 is 5.69 Å². The van der Waals surface area contributed by atoms with E-state index < -0.39 is 10.7 Å². The fraction of sp³-hybridized carbons (Fsp3) is 0. The SMILES string of the molecule is O=[N+]([O-])c1cc(I)ccc1Oc1ccc(Br)c(F)c1. The molecule has 0 saturated carbocycles. The van der Waals surface area contributed by atoms with E-state index in [1.165, 1.54) is 24.3 Å². The molecule has 0 aliphatic carbocycles. The molecule has 0 atom stereocenters. The Labute approximate surface area is 130 Å². The number of nitro benzene ring substituents is 1. The first-order valence-electron chi connectivity index (χ1n) is 5.04. The molecule has 7 heteroatoms. The van der Waals surface area contributed by atoms with Crippen molar-refractivity contribution >= 4 is 44.2 Å². The zero-order valence-electron chi connectivity index (χ0n) is 9.27. The number of nitrogens with zero attached hydrogens (tertiary/aromatic N) is 1. The Hall–Kier alpha value is -1.22. The molecule has 0 N–H and O–H groups in total. The number of rotatable bonds is 3. The molecular formula is C12H6BrFINO3. The molecule has 0 unspecified atom stereocenters. The normalized spacial score (nSPS) is 10.3. The van der Waals surface area contributed by atoms with Gasteiger partial charge in [-0.15, -0.1) is 0 Å². The van der Waals surface area contributed by atoms with Crippen LogP contribution in [0.3, 0.4) is 0 Å². The predicted molar refractivity (Wildman–Crippen MR) is 80.0 cm³/mol. The first-order chi connectivity index (χ1) is 8.97. The van der Waals surface area contributed by atoms with Crippen LogP contribution in [0.15, 0.2) is 40.9 Å². The van der Waals surface area contributed by atoms with Crippen LogP contribution in [-0.4, -0.2) is 4.92 Å². The van der Waals surface area contributed by atoms with E-state index in [9.17, 15) is 14.5 Å². The van der Waals surface area contributed by atoms with Crippen LogP contribution in [0.25, 0.3) is 0 Å². The van der Waals surface area contributed by atoms with E-state index in [1.54, 1.807) is 6.07 Å². The average molecular weight is 438 g/mol. The Balaban J connectivity index is 2.37. The summed E-state index contributed by atoms with van der Waals surface area (Å²) in [5.41, 5.74) is -0.157. The predicted octanol–water partition coefficient (Wildman–Crippen LogP) is 4.89. The minimum Gasteiger partial charge on any atom is -0.450 e. The molecule has 2 rings (SSSR count). The standard InChI is InChI=1S/C12H6BrFINO3/c13-9-3-2-8(6-10(9)14)19-12-4-1-7(15)5-11(12)16(17)18/h1-6H. The molecule has 0 heterocycles. The van der Waals surface area contributed by atoms with E-state index in [4.69, 9.17) is 4.74 Å². The minimum absolute atomic E-state index is 0.0761. The van der Waals surface area contributed by atoms with Crippen molar-refractivity contribution in [3.63, 3.8) is 0 Å². The van der Waals surface area contributed by atoms with E-state index in [0.29, 0.717) is 4.47 Å². The number of nitro groups is 1. The zero-order chi connectivity index (χ0) is 14.0. The lowest BCUT2D eigenvalue weighted by molar-refractivity contribution is -0.385. The van der Waals surface area contributed by atoms with E-state index >= 15 is 0 Å². The summed E-state index contributed by atoms with van der Waals surface area (Å²) in [5.74, 6) is -0.220. The topological polar surface area (TPSA) is 52.4 Å². The summed E-state index contributed by atoms with van der Waals surface area (Å²) in [6.07, 6.45) is 0. The molecule has 2 aromatic rings. The van der Waals surface area contributed by atoms with E-state index in [1.807, 2.05) is 22.6 Å². The number of hydrogen-bond acceptors (Lipinski definition) is 3. The van der Waals surface area contributed by atoms with Crippen LogP contribution in [0.2, 0.25) is 0 Å². The molecule has 0 spiro atoms. The van der Waals surface area contributed by atoms with Crippen molar-refractivity contribution in [3.05, 3.63) is 60.4 Å².